The van der Waals surface area contributed by atoms with Crippen LogP contribution in [0.25, 0.3) is 33.9 Å². The van der Waals surface area contributed by atoms with Gasteiger partial charge in [-0.1, -0.05) is 78.9 Å². The van der Waals surface area contributed by atoms with Gasteiger partial charge in [-0.3, -0.25) is 4.79 Å². The molecule has 1 unspecified atom stereocenters. The Hall–Kier alpha value is -3.82. The number of aromatic nitrogens is 4. The highest BCUT2D eigenvalue weighted by molar-refractivity contribution is 7.82. The highest BCUT2D eigenvalue weighted by atomic mass is 31.1. The lowest BCUT2D eigenvalue weighted by molar-refractivity contribution is -0.109. The largest absolute Gasteiger partial charge is 0.294 e. The van der Waals surface area contributed by atoms with Gasteiger partial charge in [0.1, 0.15) is 17.1 Å². The molecule has 2 aromatic heterocycles. The highest BCUT2D eigenvalue weighted by Crippen LogP contribution is 2.68. The van der Waals surface area contributed by atoms with Gasteiger partial charge in [0, 0.05) is 24.2 Å². The van der Waals surface area contributed by atoms with Gasteiger partial charge in [0.05, 0.1) is 17.3 Å². The summed E-state index contributed by atoms with van der Waals surface area (Å²) < 4.78 is 4.15. The van der Waals surface area contributed by atoms with Gasteiger partial charge in [0.15, 0.2) is 5.52 Å². The van der Waals surface area contributed by atoms with Crippen molar-refractivity contribution in [1.29, 1.82) is 0 Å². The molecule has 1 atom stereocenters. The molecule has 0 saturated heterocycles. The van der Waals surface area contributed by atoms with Crippen molar-refractivity contribution in [1.82, 2.24) is 19.6 Å². The summed E-state index contributed by atoms with van der Waals surface area (Å²) in [6, 6.07) is 33.3. The minimum absolute atomic E-state index is 0.0863. The van der Waals surface area contributed by atoms with Crippen LogP contribution < -0.4 is 5.44 Å². The van der Waals surface area contributed by atoms with Crippen LogP contribution in [0.2, 0.25) is 0 Å². The first-order chi connectivity index (χ1) is 20.6. The van der Waals surface area contributed by atoms with Gasteiger partial charge in [0.2, 0.25) is 0 Å². The zero-order valence-corrected chi connectivity index (χ0v) is 24.8. The van der Waals surface area contributed by atoms with Crippen molar-refractivity contribution >= 4 is 18.9 Å². The lowest BCUT2D eigenvalue weighted by Gasteiger charge is -2.58. The first-order valence-corrected chi connectivity index (χ1v) is 16.6. The normalized spacial score (nSPS) is 25.0. The van der Waals surface area contributed by atoms with Crippen LogP contribution >= 0.6 is 7.92 Å². The van der Waals surface area contributed by atoms with E-state index in [1.54, 1.807) is 0 Å². The van der Waals surface area contributed by atoms with E-state index in [1.807, 2.05) is 31.3 Å². The minimum atomic E-state index is -1.08. The van der Waals surface area contributed by atoms with Crippen molar-refractivity contribution < 1.29 is 4.79 Å². The summed E-state index contributed by atoms with van der Waals surface area (Å²) in [5.74, 6) is 2.33. The zero-order chi connectivity index (χ0) is 28.3. The quantitative estimate of drug-likeness (QED) is 0.186. The average Bonchev–Trinajstić information content (AvgIpc) is 3.62. The fraction of sp³-hybridized carbons (Fsp3) is 0.306. The van der Waals surface area contributed by atoms with E-state index in [0.29, 0.717) is 5.52 Å². The summed E-state index contributed by atoms with van der Waals surface area (Å²) in [6.45, 7) is 1.84. The smallest absolute Gasteiger partial charge is 0.158 e. The number of hydrogen-bond acceptors (Lipinski definition) is 3. The molecule has 3 aromatic carbocycles. The fourth-order valence-corrected chi connectivity index (χ4v) is 12.1. The lowest BCUT2D eigenvalue weighted by Crippen LogP contribution is -2.51. The van der Waals surface area contributed by atoms with Crippen molar-refractivity contribution in [3.63, 3.8) is 0 Å². The van der Waals surface area contributed by atoms with Gasteiger partial charge < -0.3 is 0 Å². The third-order valence-electron chi connectivity index (χ3n) is 9.81. The molecule has 9 rings (SSSR count). The van der Waals surface area contributed by atoms with Crippen LogP contribution in [0.4, 0.5) is 0 Å². The van der Waals surface area contributed by atoms with E-state index in [1.165, 1.54) is 38.5 Å². The summed E-state index contributed by atoms with van der Waals surface area (Å²) in [6.07, 6.45) is 9.55. The predicted molar refractivity (Wildman–Crippen MR) is 170 cm³/mol. The number of rotatable bonds is 7. The Kier molecular flexibility index (Phi) is 6.26. The van der Waals surface area contributed by atoms with Gasteiger partial charge in [-0.05, 0) is 81.4 Å². The van der Waals surface area contributed by atoms with Crippen LogP contribution in [0.5, 0.6) is 0 Å². The third-order valence-corrected chi connectivity index (χ3v) is 12.7. The van der Waals surface area contributed by atoms with Crippen LogP contribution in [-0.4, -0.2) is 30.2 Å². The molecule has 5 aromatic rings. The molecule has 4 fully saturated rings. The van der Waals surface area contributed by atoms with E-state index in [4.69, 9.17) is 10.2 Å². The van der Waals surface area contributed by atoms with Crippen molar-refractivity contribution in [2.75, 3.05) is 0 Å². The van der Waals surface area contributed by atoms with Crippen LogP contribution in [0, 0.1) is 17.8 Å². The highest BCUT2D eigenvalue weighted by Gasteiger charge is 2.56. The summed E-state index contributed by atoms with van der Waals surface area (Å²) in [5.41, 5.74) is 7.27. The van der Waals surface area contributed by atoms with Crippen molar-refractivity contribution in [3.05, 3.63) is 103 Å². The van der Waals surface area contributed by atoms with E-state index >= 15 is 0 Å². The lowest BCUT2D eigenvalue weighted by atomic mass is 9.56. The summed E-state index contributed by atoms with van der Waals surface area (Å²) >= 11 is 0. The molecule has 4 bridgehead atoms. The molecule has 2 heterocycles. The molecule has 5 nitrogen and oxygen atoms in total. The fourth-order valence-electron chi connectivity index (χ4n) is 8.73. The SMILES string of the molecule is CC(=O)P(c1ccnn1-c1c(-c2ccccc2)nn(-c2ccccc2)c1-c1ccccc1)C12CC3CC(CC(C3)C1)C2. The van der Waals surface area contributed by atoms with Gasteiger partial charge in [-0.15, -0.1) is 0 Å². The second kappa shape index (κ2) is 10.2. The zero-order valence-electron chi connectivity index (χ0n) is 23.9. The second-order valence-electron chi connectivity index (χ2n) is 12.6. The number of hydrogen-bond donors (Lipinski definition) is 0. The first-order valence-electron chi connectivity index (χ1n) is 15.2. The van der Waals surface area contributed by atoms with E-state index in [9.17, 15) is 4.79 Å². The molecular formula is C36H35N4OP. The molecule has 0 radical (unpaired) electrons. The Labute approximate surface area is 248 Å². The number of carbonyl (C=O) groups is 1. The van der Waals surface area contributed by atoms with Crippen molar-refractivity contribution in [2.45, 2.75) is 50.6 Å². The van der Waals surface area contributed by atoms with Crippen LogP contribution in [0.15, 0.2) is 103 Å². The maximum atomic E-state index is 13.8. The topological polar surface area (TPSA) is 52.7 Å². The molecule has 0 spiro atoms. The maximum Gasteiger partial charge on any atom is 0.158 e. The molecule has 4 aliphatic rings. The Morgan fingerprint density at radius 1 is 0.738 bits per heavy atom. The molecule has 4 saturated carbocycles. The molecule has 6 heteroatoms. The Morgan fingerprint density at radius 2 is 1.29 bits per heavy atom. The van der Waals surface area contributed by atoms with Gasteiger partial charge >= 0.3 is 0 Å². The van der Waals surface area contributed by atoms with Crippen molar-refractivity contribution in [3.8, 4) is 33.9 Å². The minimum Gasteiger partial charge on any atom is -0.294 e. The third kappa shape index (κ3) is 4.21. The summed E-state index contributed by atoms with van der Waals surface area (Å²) in [5, 5.41) is 10.4. The number of para-hydroxylation sites is 1. The molecule has 4 aliphatic carbocycles. The molecule has 0 aliphatic heterocycles. The van der Waals surface area contributed by atoms with Gasteiger partial charge in [-0.2, -0.15) is 10.2 Å². The van der Waals surface area contributed by atoms with E-state index in [-0.39, 0.29) is 5.16 Å². The second-order valence-corrected chi connectivity index (χ2v) is 15.3. The van der Waals surface area contributed by atoms with E-state index in [0.717, 1.165) is 57.1 Å². The Balaban J connectivity index is 1.39. The summed E-state index contributed by atoms with van der Waals surface area (Å²) in [7, 11) is -1.08. The molecular weight excluding hydrogens is 535 g/mol. The number of benzene rings is 3. The van der Waals surface area contributed by atoms with Gasteiger partial charge in [0.25, 0.3) is 0 Å². The van der Waals surface area contributed by atoms with Crippen LogP contribution in [0.1, 0.15) is 45.4 Å². The number of carbonyl (C=O) groups excluding carboxylic acids is 1. The molecule has 210 valence electrons. The molecule has 42 heavy (non-hydrogen) atoms. The van der Waals surface area contributed by atoms with E-state index in [2.05, 4.69) is 88.2 Å². The average molecular weight is 571 g/mol. The Morgan fingerprint density at radius 3 is 1.86 bits per heavy atom. The standard InChI is InChI=1S/C36H35N4OP/c1-25(41)42(36-22-26-19-27(23-36)21-28(20-26)24-36)32-17-18-37-40(32)35-33(29-11-5-2-6-12-29)38-39(31-15-9-4-10-16-31)34(35)30-13-7-3-8-14-30/h2-18,26-28H,19-24H2,1H3. The van der Waals surface area contributed by atoms with E-state index < -0.39 is 7.92 Å². The van der Waals surface area contributed by atoms with Gasteiger partial charge in [-0.25, -0.2) is 9.36 Å². The summed E-state index contributed by atoms with van der Waals surface area (Å²) in [4.78, 5) is 13.8. The molecule has 0 amide bonds. The van der Waals surface area contributed by atoms with Crippen molar-refractivity contribution in [2.24, 2.45) is 17.8 Å². The van der Waals surface area contributed by atoms with Crippen LogP contribution in [-0.2, 0) is 4.79 Å². The predicted octanol–water partition coefficient (Wildman–Crippen LogP) is 8.01. The monoisotopic (exact) mass is 570 g/mol. The Bertz CT molecular complexity index is 1710. The maximum absolute atomic E-state index is 13.8. The first kappa shape index (κ1) is 25.9. The number of nitrogens with zero attached hydrogens (tertiary/aromatic N) is 4. The van der Waals surface area contributed by atoms with Crippen LogP contribution in [0.3, 0.4) is 0 Å². The molecule has 0 N–H and O–H groups in total.